The van der Waals surface area contributed by atoms with Gasteiger partial charge in [0.15, 0.2) is 5.16 Å². The molecule has 4 rings (SSSR count). The molecule has 0 aliphatic carbocycles. The van der Waals surface area contributed by atoms with Crippen molar-refractivity contribution in [2.24, 2.45) is 0 Å². The highest BCUT2D eigenvalue weighted by molar-refractivity contribution is 7.98. The minimum Gasteiger partial charge on any atom is -0.423 e. The molecule has 3 aromatic heterocycles. The minimum absolute atomic E-state index is 0.341. The number of rotatable bonds is 4. The Morgan fingerprint density at radius 2 is 2.04 bits per heavy atom. The summed E-state index contributed by atoms with van der Waals surface area (Å²) in [6, 6.07) is 7.55. The molecule has 0 fully saturated rings. The molecule has 0 saturated heterocycles. The lowest BCUT2D eigenvalue weighted by atomic mass is 10.1. The zero-order chi connectivity index (χ0) is 19.1. The molecular formula is C20H19N3O2S2. The van der Waals surface area contributed by atoms with Crippen LogP contribution in [-0.4, -0.2) is 9.97 Å². The van der Waals surface area contributed by atoms with Gasteiger partial charge in [0.25, 0.3) is 0 Å². The van der Waals surface area contributed by atoms with Gasteiger partial charge < -0.3 is 10.2 Å². The predicted molar refractivity (Wildman–Crippen MR) is 113 cm³/mol. The topological polar surface area (TPSA) is 82.0 Å². The van der Waals surface area contributed by atoms with Gasteiger partial charge in [-0.1, -0.05) is 30.8 Å². The molecule has 3 heterocycles. The molecule has 138 valence electrons. The number of aryl methyl sites for hydroxylation is 3. The molecule has 5 nitrogen and oxygen atoms in total. The molecular weight excluding hydrogens is 378 g/mol. The van der Waals surface area contributed by atoms with Crippen molar-refractivity contribution in [3.05, 3.63) is 56.3 Å². The van der Waals surface area contributed by atoms with Gasteiger partial charge in [0.05, 0.1) is 5.39 Å². The highest BCUT2D eigenvalue weighted by atomic mass is 32.2. The maximum absolute atomic E-state index is 12.0. The Hall–Kier alpha value is -2.38. The van der Waals surface area contributed by atoms with E-state index in [2.05, 4.69) is 29.9 Å². The van der Waals surface area contributed by atoms with E-state index in [1.165, 1.54) is 16.6 Å². The average molecular weight is 398 g/mol. The molecule has 2 N–H and O–H groups in total. The first-order chi connectivity index (χ1) is 13.0. The van der Waals surface area contributed by atoms with Gasteiger partial charge in [-0.15, -0.1) is 11.3 Å². The van der Waals surface area contributed by atoms with Crippen LogP contribution in [0, 0.1) is 13.8 Å². The van der Waals surface area contributed by atoms with Crippen LogP contribution in [0.4, 0.5) is 5.82 Å². The Morgan fingerprint density at radius 1 is 1.22 bits per heavy atom. The van der Waals surface area contributed by atoms with E-state index >= 15 is 0 Å². The molecule has 1 aromatic carbocycles. The zero-order valence-electron chi connectivity index (χ0n) is 15.3. The van der Waals surface area contributed by atoms with Gasteiger partial charge in [0.2, 0.25) is 0 Å². The van der Waals surface area contributed by atoms with Crippen molar-refractivity contribution in [3.63, 3.8) is 0 Å². The number of fused-ring (bicyclic) bond motifs is 2. The molecule has 0 aliphatic heterocycles. The number of aromatic nitrogens is 2. The fourth-order valence-corrected chi connectivity index (χ4v) is 5.02. The summed E-state index contributed by atoms with van der Waals surface area (Å²) in [5.74, 6) is 1.08. The molecule has 0 amide bonds. The van der Waals surface area contributed by atoms with E-state index in [4.69, 9.17) is 10.2 Å². The van der Waals surface area contributed by atoms with E-state index in [1.807, 2.05) is 19.1 Å². The van der Waals surface area contributed by atoms with Gasteiger partial charge in [-0.3, -0.25) is 0 Å². The van der Waals surface area contributed by atoms with Crippen LogP contribution in [0.5, 0.6) is 0 Å². The van der Waals surface area contributed by atoms with Gasteiger partial charge in [-0.2, -0.15) is 0 Å². The SMILES string of the molecule is CCc1ccc2c(CSc3nc(N)c4c(C)c(C)sc4n3)cc(=O)oc2c1. The van der Waals surface area contributed by atoms with Crippen LogP contribution >= 0.6 is 23.1 Å². The molecule has 0 bridgehead atoms. The van der Waals surface area contributed by atoms with E-state index in [9.17, 15) is 4.79 Å². The van der Waals surface area contributed by atoms with Crippen molar-refractivity contribution in [1.82, 2.24) is 9.97 Å². The number of hydrogen-bond acceptors (Lipinski definition) is 7. The fraction of sp³-hybridized carbons (Fsp3) is 0.250. The van der Waals surface area contributed by atoms with Crippen LogP contribution in [0.2, 0.25) is 0 Å². The number of nitrogens with two attached hydrogens (primary N) is 1. The van der Waals surface area contributed by atoms with Gasteiger partial charge >= 0.3 is 5.63 Å². The maximum atomic E-state index is 12.0. The summed E-state index contributed by atoms with van der Waals surface area (Å²) in [5.41, 5.74) is 9.64. The third kappa shape index (κ3) is 3.33. The Balaban J connectivity index is 1.69. The molecule has 0 atom stereocenters. The van der Waals surface area contributed by atoms with Gasteiger partial charge in [0.1, 0.15) is 16.2 Å². The van der Waals surface area contributed by atoms with Crippen LogP contribution in [0.25, 0.3) is 21.2 Å². The molecule has 0 radical (unpaired) electrons. The lowest BCUT2D eigenvalue weighted by Crippen LogP contribution is -2.01. The van der Waals surface area contributed by atoms with Crippen LogP contribution in [0.3, 0.4) is 0 Å². The Kier molecular flexibility index (Phi) is 4.65. The van der Waals surface area contributed by atoms with E-state index in [0.717, 1.165) is 38.7 Å². The first-order valence-electron chi connectivity index (χ1n) is 8.68. The van der Waals surface area contributed by atoms with Crippen LogP contribution < -0.4 is 11.4 Å². The van der Waals surface area contributed by atoms with Gasteiger partial charge in [0, 0.05) is 22.1 Å². The van der Waals surface area contributed by atoms with E-state index in [0.29, 0.717) is 22.3 Å². The van der Waals surface area contributed by atoms with Crippen molar-refractivity contribution < 1.29 is 4.42 Å². The summed E-state index contributed by atoms with van der Waals surface area (Å²) in [6.45, 7) is 6.18. The monoisotopic (exact) mass is 397 g/mol. The third-order valence-electron chi connectivity index (χ3n) is 4.70. The quantitative estimate of drug-likeness (QED) is 0.301. The number of nitrogen functional groups attached to an aromatic ring is 1. The zero-order valence-corrected chi connectivity index (χ0v) is 17.0. The van der Waals surface area contributed by atoms with Crippen LogP contribution in [-0.2, 0) is 12.2 Å². The number of nitrogens with zero attached hydrogens (tertiary/aromatic N) is 2. The predicted octanol–water partition coefficient (Wildman–Crippen LogP) is 4.85. The molecule has 0 saturated carbocycles. The Bertz CT molecular complexity index is 1230. The second-order valence-corrected chi connectivity index (χ2v) is 8.56. The van der Waals surface area contributed by atoms with E-state index in [-0.39, 0.29) is 5.63 Å². The standard InChI is InChI=1S/C20H19N3O2S2/c1-4-12-5-6-14-13(8-16(24)25-15(14)7-12)9-26-20-22-18(21)17-10(2)11(3)27-19(17)23-20/h5-8H,4,9H2,1-3H3,(H2,21,22,23). The first kappa shape index (κ1) is 18.0. The van der Waals surface area contributed by atoms with E-state index in [1.54, 1.807) is 17.4 Å². The first-order valence-corrected chi connectivity index (χ1v) is 10.5. The minimum atomic E-state index is -0.341. The largest absolute Gasteiger partial charge is 0.423 e. The van der Waals surface area contributed by atoms with Crippen LogP contribution in [0.1, 0.15) is 28.5 Å². The van der Waals surface area contributed by atoms with Gasteiger partial charge in [-0.25, -0.2) is 14.8 Å². The molecule has 0 spiro atoms. The number of thiophene rings is 1. The van der Waals surface area contributed by atoms with Crippen molar-refractivity contribution in [2.45, 2.75) is 38.1 Å². The second-order valence-electron chi connectivity index (χ2n) is 6.42. The molecule has 4 aromatic rings. The summed E-state index contributed by atoms with van der Waals surface area (Å²) in [4.78, 5) is 23.2. The van der Waals surface area contributed by atoms with Crippen molar-refractivity contribution in [1.29, 1.82) is 0 Å². The maximum Gasteiger partial charge on any atom is 0.336 e. The molecule has 0 unspecified atom stereocenters. The smallest absolute Gasteiger partial charge is 0.336 e. The normalized spacial score (nSPS) is 11.5. The summed E-state index contributed by atoms with van der Waals surface area (Å²) >= 11 is 3.10. The number of hydrogen-bond donors (Lipinski definition) is 1. The van der Waals surface area contributed by atoms with Crippen molar-refractivity contribution in [3.8, 4) is 0 Å². The summed E-state index contributed by atoms with van der Waals surface area (Å²) in [5, 5.41) is 2.50. The highest BCUT2D eigenvalue weighted by Crippen LogP contribution is 2.34. The number of thioether (sulfide) groups is 1. The molecule has 27 heavy (non-hydrogen) atoms. The van der Waals surface area contributed by atoms with Crippen molar-refractivity contribution in [2.75, 3.05) is 5.73 Å². The summed E-state index contributed by atoms with van der Waals surface area (Å²) in [7, 11) is 0. The summed E-state index contributed by atoms with van der Waals surface area (Å²) in [6.07, 6.45) is 0.894. The number of anilines is 1. The average Bonchev–Trinajstić information content (AvgIpc) is 2.93. The second kappa shape index (κ2) is 6.98. The fourth-order valence-electron chi connectivity index (χ4n) is 3.08. The van der Waals surface area contributed by atoms with Crippen LogP contribution in [0.15, 0.2) is 38.6 Å². The lowest BCUT2D eigenvalue weighted by Gasteiger charge is -2.07. The molecule has 0 aliphatic rings. The lowest BCUT2D eigenvalue weighted by molar-refractivity contribution is 0.559. The Labute approximate surface area is 164 Å². The molecule has 7 heteroatoms. The van der Waals surface area contributed by atoms with Gasteiger partial charge in [-0.05, 0) is 43.0 Å². The number of benzene rings is 1. The van der Waals surface area contributed by atoms with Crippen molar-refractivity contribution >= 4 is 50.1 Å². The third-order valence-corrected chi connectivity index (χ3v) is 6.69. The van der Waals surface area contributed by atoms with E-state index < -0.39 is 0 Å². The highest BCUT2D eigenvalue weighted by Gasteiger charge is 2.14. The summed E-state index contributed by atoms with van der Waals surface area (Å²) < 4.78 is 5.38. The Morgan fingerprint density at radius 3 is 2.81 bits per heavy atom.